The summed E-state index contributed by atoms with van der Waals surface area (Å²) in [5.41, 5.74) is 21.0. The van der Waals surface area contributed by atoms with E-state index in [2.05, 4.69) is 141 Å². The lowest BCUT2D eigenvalue weighted by molar-refractivity contribution is -0.484. The zero-order valence-electron chi connectivity index (χ0n) is 37.5. The van der Waals surface area contributed by atoms with Gasteiger partial charge >= 0.3 is 6.29 Å². The van der Waals surface area contributed by atoms with Crippen LogP contribution in [0, 0.1) is 10.8 Å². The summed E-state index contributed by atoms with van der Waals surface area (Å²) in [5, 5.41) is 7.75. The predicted molar refractivity (Wildman–Crippen MR) is 241 cm³/mol. The Bertz CT molecular complexity index is 1330. The number of aliphatic hydroxyl groups excluding tert-OH is 1. The van der Waals surface area contributed by atoms with Crippen LogP contribution in [0.2, 0.25) is 0 Å². The van der Waals surface area contributed by atoms with Crippen molar-refractivity contribution in [3.05, 3.63) is 117 Å². The first-order valence-corrected chi connectivity index (χ1v) is 20.5. The molecule has 0 aromatic rings. The smallest absolute Gasteiger partial charge is 0.309 e. The molecule has 3 aliphatic rings. The van der Waals surface area contributed by atoms with Gasteiger partial charge in [0.2, 0.25) is 0 Å². The molecule has 0 fully saturated rings. The van der Waals surface area contributed by atoms with Gasteiger partial charge in [-0.1, -0.05) is 152 Å². The van der Waals surface area contributed by atoms with E-state index in [0.717, 1.165) is 6.42 Å². The van der Waals surface area contributed by atoms with Gasteiger partial charge in [0.25, 0.3) is 6.10 Å². The van der Waals surface area contributed by atoms with E-state index in [1.807, 2.05) is 47.8 Å². The summed E-state index contributed by atoms with van der Waals surface area (Å²) in [6.45, 7) is 33.1. The number of allylic oxidation sites excluding steroid dienone is 18. The topological polar surface area (TPSA) is 83.6 Å². The molecule has 1 aliphatic heterocycles. The summed E-state index contributed by atoms with van der Waals surface area (Å²) in [7, 11) is 1.50. The normalized spacial score (nSPS) is 20.0. The third-order valence-electron chi connectivity index (χ3n) is 9.05. The molecule has 0 saturated carbocycles. The van der Waals surface area contributed by atoms with Gasteiger partial charge in [0.1, 0.15) is 0 Å². The van der Waals surface area contributed by atoms with Gasteiger partial charge in [-0.05, 0) is 113 Å². The van der Waals surface area contributed by atoms with E-state index in [1.54, 1.807) is 11.1 Å². The molecular formula is C49H85N2O2+. The minimum absolute atomic E-state index is 0.0612. The second kappa shape index (κ2) is 32.4. The Morgan fingerprint density at radius 3 is 1.58 bits per heavy atom. The maximum absolute atomic E-state index is 7.75. The number of aldehydes is 1. The van der Waals surface area contributed by atoms with Crippen molar-refractivity contribution in [2.75, 3.05) is 20.2 Å². The fourth-order valence-electron chi connectivity index (χ4n) is 6.38. The van der Waals surface area contributed by atoms with Crippen LogP contribution < -0.4 is 11.5 Å². The van der Waals surface area contributed by atoms with Crippen molar-refractivity contribution in [3.63, 3.8) is 0 Å². The van der Waals surface area contributed by atoms with Crippen molar-refractivity contribution in [2.45, 2.75) is 155 Å². The van der Waals surface area contributed by atoms with Crippen molar-refractivity contribution >= 4 is 6.29 Å². The van der Waals surface area contributed by atoms with Crippen LogP contribution in [-0.4, -0.2) is 37.7 Å². The largest absolute Gasteiger partial charge is 0.395 e. The molecular weight excluding hydrogens is 649 g/mol. The van der Waals surface area contributed by atoms with Gasteiger partial charge in [-0.2, -0.15) is 0 Å². The number of rotatable bonds is 10. The van der Waals surface area contributed by atoms with Crippen LogP contribution in [0.3, 0.4) is 0 Å². The third-order valence-corrected chi connectivity index (χ3v) is 9.05. The number of hydrogen-bond acceptors (Lipinski definition) is 3. The number of aliphatic hydroxyl groups is 1. The molecule has 1 heterocycles. The Labute approximate surface area is 329 Å². The molecule has 2 aliphatic carbocycles. The standard InChI is InChI=1S/C40H55O.C2H7NO.3C2H6.CH5N/c1-30(20-22-37-33(4)17-12-25-39(37,6)7)14-10-16-32(3)28-36-29-35(24-27-41-36)19-11-15-31(2)21-23-38-34(5)18-13-26-40(38,8)9;3-1-2-4;4*1-2/h10-11,14-16,19-24,27-28,36H,12-13,17-18,25-26,29H2,1-9H3;4H,1-3H2;3*1-2H3;2H2,1H3/q+1;;;;;/b16-10+,19-11+,22-20+,23-21+,30-14+,31-15+,32-28+;;;;;. The van der Waals surface area contributed by atoms with Crippen molar-refractivity contribution in [1.82, 2.24) is 0 Å². The highest BCUT2D eigenvalue weighted by Gasteiger charge is 2.27. The molecule has 5 N–H and O–H groups in total. The zero-order valence-corrected chi connectivity index (χ0v) is 37.5. The molecule has 0 saturated heterocycles. The van der Waals surface area contributed by atoms with Gasteiger partial charge in [-0.15, -0.1) is 0 Å². The lowest BCUT2D eigenvalue weighted by atomic mass is 9.72. The molecule has 0 spiro atoms. The molecule has 0 radical (unpaired) electrons. The van der Waals surface area contributed by atoms with E-state index in [0.29, 0.717) is 6.54 Å². The first-order chi connectivity index (χ1) is 25.3. The third kappa shape index (κ3) is 23.4. The van der Waals surface area contributed by atoms with Gasteiger partial charge in [0, 0.05) is 18.7 Å². The average molecular weight is 734 g/mol. The SMILES string of the molecule is CC.CC.CC.CC1=C(/C=C/C(C)=C/C=C/C2=CC=[O+]C(/C=C(C)/C=C/C=C(C)/C=C/C3=C(C)CCCC3(C)C)C2)C(C)(C)CCC1.CN.NCCO. The van der Waals surface area contributed by atoms with Crippen molar-refractivity contribution in [2.24, 2.45) is 22.3 Å². The second-order valence-electron chi connectivity index (χ2n) is 14.2. The molecule has 4 heteroatoms. The molecule has 0 aromatic heterocycles. The summed E-state index contributed by atoms with van der Waals surface area (Å²) in [6, 6.07) is 0. The first kappa shape index (κ1) is 54.3. The van der Waals surface area contributed by atoms with Crippen LogP contribution in [0.25, 0.3) is 0 Å². The molecule has 3 rings (SSSR count). The fourth-order valence-corrected chi connectivity index (χ4v) is 6.38. The van der Waals surface area contributed by atoms with Crippen LogP contribution in [0.15, 0.2) is 117 Å². The Hall–Kier alpha value is -3.05. The number of nitrogens with two attached hydrogens (primary N) is 2. The van der Waals surface area contributed by atoms with Crippen molar-refractivity contribution in [3.8, 4) is 0 Å². The summed E-state index contributed by atoms with van der Waals surface area (Å²) in [6.07, 6.45) is 37.0. The summed E-state index contributed by atoms with van der Waals surface area (Å²) in [5.74, 6) is 0. The molecule has 53 heavy (non-hydrogen) atoms. The van der Waals surface area contributed by atoms with Crippen LogP contribution in [0.5, 0.6) is 0 Å². The van der Waals surface area contributed by atoms with Crippen LogP contribution in [-0.2, 0) is 4.42 Å². The number of carbonyl (C=O) groups excluding carboxylic acids is 1. The van der Waals surface area contributed by atoms with E-state index in [-0.39, 0.29) is 23.5 Å². The number of hydrogen-bond donors (Lipinski definition) is 3. The first-order valence-electron chi connectivity index (χ1n) is 20.5. The molecule has 1 unspecified atom stereocenters. The minimum Gasteiger partial charge on any atom is -0.395 e. The summed E-state index contributed by atoms with van der Waals surface area (Å²) in [4.78, 5) is 0. The van der Waals surface area contributed by atoms with E-state index in [1.165, 1.54) is 79.0 Å². The average Bonchev–Trinajstić information content (AvgIpc) is 3.14. The minimum atomic E-state index is 0.0612. The van der Waals surface area contributed by atoms with Gasteiger partial charge < -0.3 is 16.6 Å². The Kier molecular flexibility index (Phi) is 33.2. The lowest BCUT2D eigenvalue weighted by Gasteiger charge is -2.33. The Balaban J connectivity index is -0.00000186. The maximum atomic E-state index is 7.75. The predicted octanol–water partition coefficient (Wildman–Crippen LogP) is 13.1. The van der Waals surface area contributed by atoms with E-state index in [4.69, 9.17) is 15.3 Å². The second-order valence-corrected chi connectivity index (χ2v) is 14.2. The van der Waals surface area contributed by atoms with Gasteiger partial charge in [-0.3, -0.25) is 4.42 Å². The highest BCUT2D eigenvalue weighted by molar-refractivity contribution is 5.68. The van der Waals surface area contributed by atoms with Crippen molar-refractivity contribution in [1.29, 1.82) is 0 Å². The van der Waals surface area contributed by atoms with Gasteiger partial charge in [-0.25, -0.2) is 0 Å². The van der Waals surface area contributed by atoms with Gasteiger partial charge in [0.05, 0.1) is 13.0 Å². The van der Waals surface area contributed by atoms with E-state index in [9.17, 15) is 0 Å². The van der Waals surface area contributed by atoms with E-state index < -0.39 is 0 Å². The van der Waals surface area contributed by atoms with E-state index >= 15 is 0 Å². The molecule has 4 nitrogen and oxygen atoms in total. The highest BCUT2D eigenvalue weighted by Crippen LogP contribution is 2.41. The highest BCUT2D eigenvalue weighted by atomic mass is 16.4. The molecule has 0 amide bonds. The van der Waals surface area contributed by atoms with Crippen molar-refractivity contribution < 1.29 is 9.53 Å². The summed E-state index contributed by atoms with van der Waals surface area (Å²) < 4.78 is 5.90. The molecule has 302 valence electrons. The summed E-state index contributed by atoms with van der Waals surface area (Å²) >= 11 is 0. The van der Waals surface area contributed by atoms with Gasteiger partial charge in [0.15, 0.2) is 0 Å². The molecule has 0 aromatic carbocycles. The quantitative estimate of drug-likeness (QED) is 0.119. The monoisotopic (exact) mass is 734 g/mol. The maximum Gasteiger partial charge on any atom is 0.309 e. The molecule has 1 atom stereocenters. The van der Waals surface area contributed by atoms with Crippen LogP contribution >= 0.6 is 0 Å². The van der Waals surface area contributed by atoms with Crippen LogP contribution in [0.4, 0.5) is 0 Å². The fraction of sp³-hybridized carbons (Fsp3) is 0.571. The lowest BCUT2D eigenvalue weighted by Crippen LogP contribution is -2.19. The Morgan fingerprint density at radius 1 is 0.736 bits per heavy atom. The van der Waals surface area contributed by atoms with Crippen LogP contribution in [0.1, 0.15) is 149 Å². The zero-order chi connectivity index (χ0) is 41.5. The molecule has 0 bridgehead atoms. The Morgan fingerprint density at radius 2 is 1.17 bits per heavy atom.